The zero-order valence-electron chi connectivity index (χ0n) is 11.9. The smallest absolute Gasteiger partial charge is 0.276 e. The maximum absolute atomic E-state index is 12.9. The van der Waals surface area contributed by atoms with Crippen LogP contribution in [-0.4, -0.2) is 25.9 Å². The summed E-state index contributed by atoms with van der Waals surface area (Å²) < 4.78 is 44.5. The minimum Gasteiger partial charge on any atom is -0.371 e. The monoisotopic (exact) mass is 356 g/mol. The number of halogens is 1. The highest BCUT2D eigenvalue weighted by atomic mass is 32.2. The van der Waals surface area contributed by atoms with Crippen molar-refractivity contribution in [2.24, 2.45) is 0 Å². The van der Waals surface area contributed by atoms with E-state index in [4.69, 9.17) is 4.74 Å². The fourth-order valence-corrected chi connectivity index (χ4v) is 4.09. The van der Waals surface area contributed by atoms with E-state index in [1.165, 1.54) is 6.20 Å². The van der Waals surface area contributed by atoms with Gasteiger partial charge in [-0.3, -0.25) is 4.79 Å². The number of thiazole rings is 1. The molecule has 1 aliphatic heterocycles. The Kier molecular flexibility index (Phi) is 4.42. The van der Waals surface area contributed by atoms with Gasteiger partial charge in [0.25, 0.3) is 15.9 Å². The van der Waals surface area contributed by atoms with Crippen LogP contribution < -0.4 is 4.72 Å². The summed E-state index contributed by atoms with van der Waals surface area (Å²) in [7, 11) is -4.05. The van der Waals surface area contributed by atoms with Gasteiger partial charge in [-0.1, -0.05) is 0 Å². The normalized spacial score (nSPS) is 18.0. The van der Waals surface area contributed by atoms with E-state index in [2.05, 4.69) is 4.98 Å². The molecular formula is C14H13FN2O4S2. The number of nitrogens with one attached hydrogen (secondary N) is 1. The lowest BCUT2D eigenvalue weighted by molar-refractivity contribution is 0.0985. The third kappa shape index (κ3) is 3.57. The number of hydrogen-bond acceptors (Lipinski definition) is 6. The predicted octanol–water partition coefficient (Wildman–Crippen LogP) is 2.25. The molecule has 0 radical (unpaired) electrons. The Morgan fingerprint density at radius 1 is 1.35 bits per heavy atom. The van der Waals surface area contributed by atoms with E-state index in [9.17, 15) is 17.6 Å². The first-order valence-electron chi connectivity index (χ1n) is 6.86. The standard InChI is InChI=1S/C14H13FN2O4S2/c15-9-3-5-10(6-4-9)23(19,20)17-13(18)12-8-16-14(22-12)11-2-1-7-21-11/h3-6,8,11H,1-2,7H2,(H,17,18). The minimum atomic E-state index is -4.05. The molecule has 0 bridgehead atoms. The molecular weight excluding hydrogens is 343 g/mol. The molecule has 1 amide bonds. The molecule has 1 atom stereocenters. The lowest BCUT2D eigenvalue weighted by Gasteiger charge is -2.05. The fourth-order valence-electron chi connectivity index (χ4n) is 2.16. The molecule has 3 rings (SSSR count). The average molecular weight is 356 g/mol. The van der Waals surface area contributed by atoms with Gasteiger partial charge >= 0.3 is 0 Å². The Labute approximate surface area is 136 Å². The van der Waals surface area contributed by atoms with Crippen molar-refractivity contribution in [1.29, 1.82) is 0 Å². The number of sulfonamides is 1. The summed E-state index contributed by atoms with van der Waals surface area (Å²) in [6.45, 7) is 0.657. The van der Waals surface area contributed by atoms with E-state index in [-0.39, 0.29) is 15.9 Å². The topological polar surface area (TPSA) is 85.4 Å². The molecule has 1 aromatic heterocycles. The Bertz CT molecular complexity index is 812. The molecule has 1 aromatic carbocycles. The quantitative estimate of drug-likeness (QED) is 0.908. The van der Waals surface area contributed by atoms with Crippen molar-refractivity contribution >= 4 is 27.3 Å². The summed E-state index contributed by atoms with van der Waals surface area (Å²) in [5, 5.41) is 0.659. The molecule has 1 unspecified atom stereocenters. The molecule has 2 aromatic rings. The van der Waals surface area contributed by atoms with Gasteiger partial charge in [0, 0.05) is 6.61 Å². The van der Waals surface area contributed by atoms with Crippen LogP contribution in [0, 0.1) is 5.82 Å². The zero-order valence-corrected chi connectivity index (χ0v) is 13.5. The number of nitrogens with zero attached hydrogens (tertiary/aromatic N) is 1. The summed E-state index contributed by atoms with van der Waals surface area (Å²) in [6.07, 6.45) is 2.97. The first kappa shape index (κ1) is 16.0. The Morgan fingerprint density at radius 2 is 2.09 bits per heavy atom. The van der Waals surface area contributed by atoms with E-state index >= 15 is 0 Å². The van der Waals surface area contributed by atoms with Crippen LogP contribution >= 0.6 is 11.3 Å². The summed E-state index contributed by atoms with van der Waals surface area (Å²) in [5.74, 6) is -1.32. The van der Waals surface area contributed by atoms with Gasteiger partial charge in [-0.05, 0) is 37.1 Å². The number of carbonyl (C=O) groups excluding carboxylic acids is 1. The van der Waals surface area contributed by atoms with Crippen molar-refractivity contribution in [3.8, 4) is 0 Å². The average Bonchev–Trinajstić information content (AvgIpc) is 3.18. The molecule has 9 heteroatoms. The van der Waals surface area contributed by atoms with Crippen LogP contribution in [-0.2, 0) is 14.8 Å². The highest BCUT2D eigenvalue weighted by molar-refractivity contribution is 7.90. The van der Waals surface area contributed by atoms with Crippen molar-refractivity contribution in [2.45, 2.75) is 23.8 Å². The van der Waals surface area contributed by atoms with E-state index in [1.807, 2.05) is 4.72 Å². The molecule has 0 saturated carbocycles. The second-order valence-corrected chi connectivity index (χ2v) is 7.70. The SMILES string of the molecule is O=C(NS(=O)(=O)c1ccc(F)cc1)c1cnc(C2CCCO2)s1. The number of hydrogen-bond donors (Lipinski definition) is 1. The van der Waals surface area contributed by atoms with Crippen LogP contribution in [0.5, 0.6) is 0 Å². The zero-order chi connectivity index (χ0) is 16.4. The molecule has 23 heavy (non-hydrogen) atoms. The number of carbonyl (C=O) groups is 1. The molecule has 6 nitrogen and oxygen atoms in total. The molecule has 1 aliphatic rings. The Balaban J connectivity index is 1.74. The van der Waals surface area contributed by atoms with E-state index < -0.39 is 21.7 Å². The second-order valence-electron chi connectivity index (χ2n) is 4.95. The number of aromatic nitrogens is 1. The maximum Gasteiger partial charge on any atom is 0.276 e. The lowest BCUT2D eigenvalue weighted by atomic mass is 10.2. The molecule has 2 heterocycles. The fraction of sp³-hybridized carbons (Fsp3) is 0.286. The van der Waals surface area contributed by atoms with Crippen LogP contribution in [0.15, 0.2) is 35.4 Å². The van der Waals surface area contributed by atoms with Gasteiger partial charge < -0.3 is 4.74 Å². The lowest BCUT2D eigenvalue weighted by Crippen LogP contribution is -2.30. The summed E-state index contributed by atoms with van der Waals surface area (Å²) in [4.78, 5) is 16.2. The van der Waals surface area contributed by atoms with Gasteiger partial charge in [-0.25, -0.2) is 22.5 Å². The van der Waals surface area contributed by atoms with Crippen LogP contribution in [0.25, 0.3) is 0 Å². The highest BCUT2D eigenvalue weighted by Gasteiger charge is 2.24. The molecule has 1 fully saturated rings. The molecule has 122 valence electrons. The number of amides is 1. The first-order valence-corrected chi connectivity index (χ1v) is 9.16. The van der Waals surface area contributed by atoms with E-state index in [0.29, 0.717) is 11.6 Å². The minimum absolute atomic E-state index is 0.129. The van der Waals surface area contributed by atoms with Crippen LogP contribution in [0.1, 0.15) is 33.6 Å². The first-order chi connectivity index (χ1) is 11.0. The molecule has 1 N–H and O–H groups in total. The van der Waals surface area contributed by atoms with Gasteiger partial charge in [0.2, 0.25) is 0 Å². The van der Waals surface area contributed by atoms with Crippen molar-refractivity contribution in [1.82, 2.24) is 9.71 Å². The van der Waals surface area contributed by atoms with Crippen molar-refractivity contribution in [2.75, 3.05) is 6.61 Å². The van der Waals surface area contributed by atoms with Gasteiger partial charge in [0.15, 0.2) is 0 Å². The maximum atomic E-state index is 12.9. The van der Waals surface area contributed by atoms with Crippen molar-refractivity contribution in [3.63, 3.8) is 0 Å². The van der Waals surface area contributed by atoms with Crippen LogP contribution in [0.3, 0.4) is 0 Å². The van der Waals surface area contributed by atoms with Gasteiger partial charge in [0.1, 0.15) is 21.8 Å². The number of benzene rings is 1. The van der Waals surface area contributed by atoms with Crippen molar-refractivity contribution in [3.05, 3.63) is 46.2 Å². The summed E-state index contributed by atoms with van der Waals surface area (Å²) >= 11 is 1.10. The van der Waals surface area contributed by atoms with Crippen molar-refractivity contribution < 1.29 is 22.3 Å². The summed E-state index contributed by atoms with van der Waals surface area (Å²) in [5.41, 5.74) is 0. The van der Waals surface area contributed by atoms with E-state index in [1.54, 1.807) is 0 Å². The molecule has 0 aliphatic carbocycles. The van der Waals surface area contributed by atoms with Gasteiger partial charge in [-0.15, -0.1) is 11.3 Å². The number of ether oxygens (including phenoxy) is 1. The van der Waals surface area contributed by atoms with Gasteiger partial charge in [0.05, 0.1) is 11.1 Å². The molecule has 1 saturated heterocycles. The Morgan fingerprint density at radius 3 is 2.74 bits per heavy atom. The van der Waals surface area contributed by atoms with Crippen LogP contribution in [0.2, 0.25) is 0 Å². The highest BCUT2D eigenvalue weighted by Crippen LogP contribution is 2.31. The third-order valence-electron chi connectivity index (χ3n) is 3.30. The van der Waals surface area contributed by atoms with Gasteiger partial charge in [-0.2, -0.15) is 0 Å². The molecule has 0 spiro atoms. The predicted molar refractivity (Wildman–Crippen MR) is 81.1 cm³/mol. The number of rotatable bonds is 4. The largest absolute Gasteiger partial charge is 0.371 e. The summed E-state index contributed by atoms with van der Waals surface area (Å²) in [6, 6.07) is 4.22. The second kappa shape index (κ2) is 6.34. The Hall–Kier alpha value is -1.84. The van der Waals surface area contributed by atoms with Crippen LogP contribution in [0.4, 0.5) is 4.39 Å². The third-order valence-corrected chi connectivity index (χ3v) is 5.74. The van der Waals surface area contributed by atoms with E-state index in [0.717, 1.165) is 48.4 Å².